The lowest BCUT2D eigenvalue weighted by molar-refractivity contribution is -0.130. The van der Waals surface area contributed by atoms with Crippen molar-refractivity contribution in [1.29, 1.82) is 0 Å². The van der Waals surface area contributed by atoms with Gasteiger partial charge in [0.2, 0.25) is 5.91 Å². The molecule has 1 amide bonds. The number of aromatic amines is 1. The summed E-state index contributed by atoms with van der Waals surface area (Å²) in [4.78, 5) is 16.7. The minimum absolute atomic E-state index is 0.0250. The molecule has 1 aromatic heterocycles. The van der Waals surface area contributed by atoms with Crippen LogP contribution in [0.15, 0.2) is 36.4 Å². The molecule has 1 aliphatic rings. The summed E-state index contributed by atoms with van der Waals surface area (Å²) in [5.41, 5.74) is 2.57. The van der Waals surface area contributed by atoms with E-state index in [1.807, 2.05) is 6.92 Å². The van der Waals surface area contributed by atoms with Crippen LogP contribution in [0.1, 0.15) is 31.2 Å². The highest BCUT2D eigenvalue weighted by molar-refractivity contribution is 5.92. The van der Waals surface area contributed by atoms with E-state index in [1.54, 1.807) is 31.1 Å². The molecule has 1 saturated carbocycles. The van der Waals surface area contributed by atoms with Crippen molar-refractivity contribution in [2.75, 3.05) is 20.6 Å². The van der Waals surface area contributed by atoms with Crippen LogP contribution in [-0.2, 0) is 4.79 Å². The van der Waals surface area contributed by atoms with Crippen molar-refractivity contribution < 1.29 is 18.0 Å². The maximum absolute atomic E-state index is 14.5. The van der Waals surface area contributed by atoms with Gasteiger partial charge in [0.25, 0.3) is 0 Å². The zero-order valence-electron chi connectivity index (χ0n) is 17.8. The van der Waals surface area contributed by atoms with Crippen LogP contribution in [0.25, 0.3) is 22.2 Å². The second kappa shape index (κ2) is 8.38. The van der Waals surface area contributed by atoms with Gasteiger partial charge in [-0.25, -0.2) is 13.2 Å². The smallest absolute Gasteiger partial charge is 0.238 e. The summed E-state index contributed by atoms with van der Waals surface area (Å²) in [6.07, 6.45) is 1.68. The van der Waals surface area contributed by atoms with E-state index in [2.05, 4.69) is 10.3 Å². The van der Waals surface area contributed by atoms with Crippen LogP contribution in [0.3, 0.4) is 0 Å². The fourth-order valence-electron chi connectivity index (χ4n) is 4.46. The Morgan fingerprint density at radius 2 is 1.81 bits per heavy atom. The normalized spacial score (nSPS) is 19.3. The number of hydrogen-bond acceptors (Lipinski definition) is 2. The maximum Gasteiger partial charge on any atom is 0.238 e. The first-order chi connectivity index (χ1) is 14.7. The van der Waals surface area contributed by atoms with Gasteiger partial charge in [0.15, 0.2) is 0 Å². The second-order valence-electron chi connectivity index (χ2n) is 8.63. The van der Waals surface area contributed by atoms with Gasteiger partial charge in [0.05, 0.1) is 17.3 Å². The lowest BCUT2D eigenvalue weighted by Crippen LogP contribution is -2.44. The van der Waals surface area contributed by atoms with Gasteiger partial charge in [-0.3, -0.25) is 4.79 Å². The molecule has 1 atom stereocenters. The van der Waals surface area contributed by atoms with E-state index in [0.29, 0.717) is 23.5 Å². The number of rotatable bonds is 6. The minimum Gasteiger partial charge on any atom is -0.352 e. The number of nitrogens with zero attached hydrogens (tertiary/aromatic N) is 1. The summed E-state index contributed by atoms with van der Waals surface area (Å²) in [5.74, 6) is -1.09. The minimum atomic E-state index is -0.641. The second-order valence-corrected chi connectivity index (χ2v) is 8.63. The van der Waals surface area contributed by atoms with E-state index >= 15 is 0 Å². The first-order valence-corrected chi connectivity index (χ1v) is 10.5. The topological polar surface area (TPSA) is 48.1 Å². The average Bonchev–Trinajstić information content (AvgIpc) is 3.06. The predicted octanol–water partition coefficient (Wildman–Crippen LogP) is 4.81. The standard InChI is InChI=1S/C24H26F3N3O/c1-13(24(31)30(2)3)28-12-14-8-16(9-14)21-19-10-18(26)11-20(27)23(19)29-22(21)15-4-6-17(25)7-5-15/h4-7,10-11,13-14,16,28-29H,8-9,12H2,1-3H3. The largest absolute Gasteiger partial charge is 0.352 e. The van der Waals surface area contributed by atoms with Crippen molar-refractivity contribution in [3.8, 4) is 11.3 Å². The van der Waals surface area contributed by atoms with Crippen LogP contribution in [0.4, 0.5) is 13.2 Å². The number of amides is 1. The fourth-order valence-corrected chi connectivity index (χ4v) is 4.46. The molecule has 2 N–H and O–H groups in total. The van der Waals surface area contributed by atoms with Gasteiger partial charge in [-0.15, -0.1) is 0 Å². The van der Waals surface area contributed by atoms with Crippen LogP contribution >= 0.6 is 0 Å². The molecule has 4 nitrogen and oxygen atoms in total. The Balaban J connectivity index is 1.58. The fraction of sp³-hybridized carbons (Fsp3) is 0.375. The van der Waals surface area contributed by atoms with Crippen LogP contribution in [0.5, 0.6) is 0 Å². The third-order valence-electron chi connectivity index (χ3n) is 6.17. The van der Waals surface area contributed by atoms with Crippen LogP contribution in [0.2, 0.25) is 0 Å². The van der Waals surface area contributed by atoms with Gasteiger partial charge in [-0.2, -0.15) is 0 Å². The lowest BCUT2D eigenvalue weighted by Gasteiger charge is -2.37. The van der Waals surface area contributed by atoms with Gasteiger partial charge in [0, 0.05) is 25.5 Å². The molecule has 0 aliphatic heterocycles. The first kappa shape index (κ1) is 21.4. The van der Waals surface area contributed by atoms with Crippen molar-refractivity contribution in [2.24, 2.45) is 5.92 Å². The predicted molar refractivity (Wildman–Crippen MR) is 115 cm³/mol. The number of likely N-dealkylation sites (N-methyl/N-ethyl adjacent to an activating group) is 1. The molecule has 1 aliphatic carbocycles. The molecule has 1 heterocycles. The Morgan fingerprint density at radius 1 is 1.13 bits per heavy atom. The summed E-state index contributed by atoms with van der Waals surface area (Å²) in [7, 11) is 3.46. The third-order valence-corrected chi connectivity index (χ3v) is 6.17. The Kier molecular flexibility index (Phi) is 5.79. The van der Waals surface area contributed by atoms with Gasteiger partial charge < -0.3 is 15.2 Å². The molecule has 3 aromatic rings. The van der Waals surface area contributed by atoms with E-state index in [-0.39, 0.29) is 29.2 Å². The van der Waals surface area contributed by atoms with Gasteiger partial charge in [-0.05, 0) is 79.6 Å². The molecule has 0 radical (unpaired) electrons. The van der Waals surface area contributed by atoms with E-state index in [0.717, 1.165) is 30.0 Å². The van der Waals surface area contributed by atoms with E-state index < -0.39 is 11.6 Å². The van der Waals surface area contributed by atoms with E-state index in [1.165, 1.54) is 18.2 Å². The molecular formula is C24H26F3N3O. The molecule has 164 valence electrons. The number of carbonyl (C=O) groups excluding carboxylic acids is 1. The maximum atomic E-state index is 14.5. The number of benzene rings is 2. The number of halogens is 3. The van der Waals surface area contributed by atoms with Crippen molar-refractivity contribution in [2.45, 2.75) is 31.7 Å². The molecule has 4 rings (SSSR count). The molecule has 1 unspecified atom stereocenters. The van der Waals surface area contributed by atoms with Crippen LogP contribution < -0.4 is 5.32 Å². The van der Waals surface area contributed by atoms with E-state index in [9.17, 15) is 18.0 Å². The summed E-state index contributed by atoms with van der Waals surface area (Å²) >= 11 is 0. The van der Waals surface area contributed by atoms with Crippen molar-refractivity contribution in [3.63, 3.8) is 0 Å². The quantitative estimate of drug-likeness (QED) is 0.591. The average molecular weight is 429 g/mol. The summed E-state index contributed by atoms with van der Waals surface area (Å²) < 4.78 is 41.9. The number of aromatic nitrogens is 1. The highest BCUT2D eigenvalue weighted by atomic mass is 19.1. The Bertz CT molecular complexity index is 1100. The van der Waals surface area contributed by atoms with Crippen molar-refractivity contribution in [1.82, 2.24) is 15.2 Å². The zero-order valence-corrected chi connectivity index (χ0v) is 17.8. The Labute approximate surface area is 179 Å². The number of nitrogens with one attached hydrogen (secondary N) is 2. The Morgan fingerprint density at radius 3 is 2.45 bits per heavy atom. The number of hydrogen-bond donors (Lipinski definition) is 2. The van der Waals surface area contributed by atoms with Gasteiger partial charge in [-0.1, -0.05) is 0 Å². The van der Waals surface area contributed by atoms with Gasteiger partial charge in [0.1, 0.15) is 17.5 Å². The number of fused-ring (bicyclic) bond motifs is 1. The molecule has 7 heteroatoms. The number of carbonyl (C=O) groups is 1. The molecule has 31 heavy (non-hydrogen) atoms. The molecule has 2 aromatic carbocycles. The van der Waals surface area contributed by atoms with Crippen LogP contribution in [-0.4, -0.2) is 42.5 Å². The highest BCUT2D eigenvalue weighted by Gasteiger charge is 2.35. The first-order valence-electron chi connectivity index (χ1n) is 10.5. The summed E-state index contributed by atoms with van der Waals surface area (Å²) in [5, 5.41) is 3.81. The van der Waals surface area contributed by atoms with E-state index in [4.69, 9.17) is 0 Å². The monoisotopic (exact) mass is 429 g/mol. The third kappa shape index (κ3) is 4.19. The summed E-state index contributed by atoms with van der Waals surface area (Å²) in [6, 6.07) is 7.97. The molecule has 0 saturated heterocycles. The summed E-state index contributed by atoms with van der Waals surface area (Å²) in [6.45, 7) is 2.55. The number of H-pyrrole nitrogens is 1. The SMILES string of the molecule is CC(NCC1CC(c2c(-c3ccc(F)cc3)[nH]c3c(F)cc(F)cc23)C1)C(=O)N(C)C. The zero-order chi connectivity index (χ0) is 22.3. The molecule has 1 fully saturated rings. The van der Waals surface area contributed by atoms with Crippen molar-refractivity contribution >= 4 is 16.8 Å². The van der Waals surface area contributed by atoms with Crippen molar-refractivity contribution in [3.05, 3.63) is 59.4 Å². The lowest BCUT2D eigenvalue weighted by atomic mass is 9.70. The molecule has 0 bridgehead atoms. The highest BCUT2D eigenvalue weighted by Crippen LogP contribution is 2.48. The van der Waals surface area contributed by atoms with Gasteiger partial charge >= 0.3 is 0 Å². The molecular weight excluding hydrogens is 403 g/mol. The van der Waals surface area contributed by atoms with Crippen LogP contribution in [0, 0.1) is 23.4 Å². The Hall–Kier alpha value is -2.80. The molecule has 0 spiro atoms.